The van der Waals surface area contributed by atoms with Crippen LogP contribution in [0.5, 0.6) is 0 Å². The number of aromatic nitrogens is 4. The normalized spacial score (nSPS) is 15.5. The van der Waals surface area contributed by atoms with E-state index in [1.165, 1.54) is 12.8 Å². The molecule has 1 atom stereocenters. The van der Waals surface area contributed by atoms with Gasteiger partial charge in [-0.15, -0.1) is 0 Å². The first-order chi connectivity index (χ1) is 11.4. The van der Waals surface area contributed by atoms with E-state index in [2.05, 4.69) is 39.7 Å². The molecule has 2 amide bonds. The topological polar surface area (TPSA) is 97.9 Å². The zero-order valence-corrected chi connectivity index (χ0v) is 14.5. The summed E-state index contributed by atoms with van der Waals surface area (Å²) in [7, 11) is 1.82. The van der Waals surface area contributed by atoms with Gasteiger partial charge in [-0.05, 0) is 25.7 Å². The van der Waals surface area contributed by atoms with Crippen molar-refractivity contribution < 1.29 is 9.32 Å². The van der Waals surface area contributed by atoms with Gasteiger partial charge in [-0.2, -0.15) is 10.1 Å². The quantitative estimate of drug-likeness (QED) is 0.847. The lowest BCUT2D eigenvalue weighted by molar-refractivity contribution is 0.245. The molecule has 0 spiro atoms. The summed E-state index contributed by atoms with van der Waals surface area (Å²) in [5.74, 6) is 2.74. The summed E-state index contributed by atoms with van der Waals surface area (Å²) < 4.78 is 6.91. The van der Waals surface area contributed by atoms with Crippen LogP contribution in [0.25, 0.3) is 0 Å². The number of urea groups is 1. The second-order valence-electron chi connectivity index (χ2n) is 6.82. The smallest absolute Gasteiger partial charge is 0.321 e. The van der Waals surface area contributed by atoms with Crippen molar-refractivity contribution >= 4 is 11.8 Å². The molecule has 1 aliphatic carbocycles. The molecule has 2 N–H and O–H groups in total. The Hall–Kier alpha value is -2.38. The SMILES string of the molecule is CC(C)Cc1noc([C@@H](C)NC(=O)Nc2cc(C3CC3)nn2C)n1. The van der Waals surface area contributed by atoms with Gasteiger partial charge >= 0.3 is 6.03 Å². The first kappa shape index (κ1) is 16.5. The summed E-state index contributed by atoms with van der Waals surface area (Å²) in [6, 6.07) is 1.24. The Morgan fingerprint density at radius 1 is 1.42 bits per heavy atom. The lowest BCUT2D eigenvalue weighted by Gasteiger charge is -2.10. The van der Waals surface area contributed by atoms with Crippen LogP contribution in [0.2, 0.25) is 0 Å². The van der Waals surface area contributed by atoms with E-state index in [1.807, 2.05) is 20.0 Å². The van der Waals surface area contributed by atoms with Gasteiger partial charge in [0, 0.05) is 25.5 Å². The maximum absolute atomic E-state index is 12.2. The van der Waals surface area contributed by atoms with E-state index >= 15 is 0 Å². The monoisotopic (exact) mass is 332 g/mol. The number of carbonyl (C=O) groups excluding carboxylic acids is 1. The van der Waals surface area contributed by atoms with Crippen molar-refractivity contribution in [2.24, 2.45) is 13.0 Å². The molecular weight excluding hydrogens is 308 g/mol. The minimum Gasteiger partial charge on any atom is -0.337 e. The highest BCUT2D eigenvalue weighted by Crippen LogP contribution is 2.39. The molecule has 0 bridgehead atoms. The van der Waals surface area contributed by atoms with Crippen molar-refractivity contribution in [2.45, 2.75) is 52.0 Å². The van der Waals surface area contributed by atoms with E-state index in [4.69, 9.17) is 4.52 Å². The molecule has 24 heavy (non-hydrogen) atoms. The largest absolute Gasteiger partial charge is 0.337 e. The van der Waals surface area contributed by atoms with Crippen molar-refractivity contribution in [1.82, 2.24) is 25.2 Å². The van der Waals surface area contributed by atoms with Gasteiger partial charge in [0.1, 0.15) is 11.9 Å². The first-order valence-corrected chi connectivity index (χ1v) is 8.36. The Labute approximate surface area is 141 Å². The molecule has 8 nitrogen and oxygen atoms in total. The Kier molecular flexibility index (Phi) is 4.55. The minimum absolute atomic E-state index is 0.323. The van der Waals surface area contributed by atoms with Crippen LogP contribution in [0.1, 0.15) is 63.0 Å². The van der Waals surface area contributed by atoms with Crippen LogP contribution >= 0.6 is 0 Å². The molecule has 0 aliphatic heterocycles. The van der Waals surface area contributed by atoms with Crippen molar-refractivity contribution in [3.05, 3.63) is 23.5 Å². The zero-order chi connectivity index (χ0) is 17.3. The van der Waals surface area contributed by atoms with E-state index in [1.54, 1.807) is 4.68 Å². The van der Waals surface area contributed by atoms with Crippen molar-refractivity contribution in [2.75, 3.05) is 5.32 Å². The first-order valence-electron chi connectivity index (χ1n) is 8.36. The van der Waals surface area contributed by atoms with Gasteiger partial charge in [-0.3, -0.25) is 10.00 Å². The number of amides is 2. The van der Waals surface area contributed by atoms with Crippen LogP contribution in [0.4, 0.5) is 10.6 Å². The fraction of sp³-hybridized carbons (Fsp3) is 0.625. The molecule has 0 radical (unpaired) electrons. The molecular formula is C16H24N6O2. The average Bonchev–Trinajstić information content (AvgIpc) is 3.14. The third-order valence-corrected chi connectivity index (χ3v) is 3.93. The molecule has 1 fully saturated rings. The van der Waals surface area contributed by atoms with Crippen molar-refractivity contribution in [1.29, 1.82) is 0 Å². The highest BCUT2D eigenvalue weighted by molar-refractivity contribution is 5.88. The van der Waals surface area contributed by atoms with Crippen LogP contribution in [0.15, 0.2) is 10.6 Å². The van der Waals surface area contributed by atoms with Gasteiger partial charge in [-0.25, -0.2) is 4.79 Å². The Morgan fingerprint density at radius 3 is 2.83 bits per heavy atom. The fourth-order valence-electron chi connectivity index (χ4n) is 2.49. The van der Waals surface area contributed by atoms with Gasteiger partial charge in [-0.1, -0.05) is 19.0 Å². The number of rotatable bonds is 6. The second-order valence-corrected chi connectivity index (χ2v) is 6.82. The lowest BCUT2D eigenvalue weighted by Crippen LogP contribution is -2.32. The van der Waals surface area contributed by atoms with Gasteiger partial charge in [0.2, 0.25) is 5.89 Å². The summed E-state index contributed by atoms with van der Waals surface area (Å²) in [5, 5.41) is 14.0. The predicted octanol–water partition coefficient (Wildman–Crippen LogP) is 2.76. The third kappa shape index (κ3) is 3.93. The molecule has 0 saturated heterocycles. The highest BCUT2D eigenvalue weighted by Gasteiger charge is 2.27. The summed E-state index contributed by atoms with van der Waals surface area (Å²) in [6.07, 6.45) is 3.10. The molecule has 2 aromatic heterocycles. The van der Waals surface area contributed by atoms with Gasteiger partial charge in [0.05, 0.1) is 5.69 Å². The summed E-state index contributed by atoms with van der Waals surface area (Å²) in [6.45, 7) is 6.00. The molecule has 0 aromatic carbocycles. The molecule has 8 heteroatoms. The summed E-state index contributed by atoms with van der Waals surface area (Å²) in [4.78, 5) is 16.5. The van der Waals surface area contributed by atoms with Crippen LogP contribution in [-0.2, 0) is 13.5 Å². The maximum Gasteiger partial charge on any atom is 0.321 e. The van der Waals surface area contributed by atoms with Crippen molar-refractivity contribution in [3.8, 4) is 0 Å². The van der Waals surface area contributed by atoms with E-state index in [9.17, 15) is 4.79 Å². The molecule has 2 aromatic rings. The molecule has 130 valence electrons. The van der Waals surface area contributed by atoms with Crippen LogP contribution in [0, 0.1) is 5.92 Å². The molecule has 2 heterocycles. The van der Waals surface area contributed by atoms with E-state index in [0.29, 0.717) is 29.4 Å². The average molecular weight is 332 g/mol. The standard InChI is InChI=1S/C16H24N6O2/c1-9(2)7-13-18-15(24-21-13)10(3)17-16(23)19-14-8-12(11-5-6-11)20-22(14)4/h8-11H,5-7H2,1-4H3,(H2,17,19,23)/t10-/m1/s1. The summed E-state index contributed by atoms with van der Waals surface area (Å²) in [5.41, 5.74) is 1.04. The van der Waals surface area contributed by atoms with Gasteiger partial charge in [0.15, 0.2) is 5.82 Å². The van der Waals surface area contributed by atoms with E-state index < -0.39 is 0 Å². The maximum atomic E-state index is 12.2. The summed E-state index contributed by atoms with van der Waals surface area (Å²) >= 11 is 0. The minimum atomic E-state index is -0.366. The number of hydrogen-bond acceptors (Lipinski definition) is 5. The predicted molar refractivity (Wildman–Crippen MR) is 88.6 cm³/mol. The highest BCUT2D eigenvalue weighted by atomic mass is 16.5. The Bertz CT molecular complexity index is 716. The number of nitrogens with one attached hydrogen (secondary N) is 2. The van der Waals surface area contributed by atoms with E-state index in [-0.39, 0.29) is 12.1 Å². The zero-order valence-electron chi connectivity index (χ0n) is 14.5. The molecule has 0 unspecified atom stereocenters. The van der Waals surface area contributed by atoms with Crippen LogP contribution in [0.3, 0.4) is 0 Å². The molecule has 1 aliphatic rings. The number of nitrogens with zero attached hydrogens (tertiary/aromatic N) is 4. The van der Waals surface area contributed by atoms with Crippen LogP contribution in [-0.4, -0.2) is 26.0 Å². The lowest BCUT2D eigenvalue weighted by atomic mass is 10.1. The van der Waals surface area contributed by atoms with Gasteiger partial charge in [0.25, 0.3) is 0 Å². The second kappa shape index (κ2) is 6.62. The number of carbonyl (C=O) groups is 1. The molecule has 1 saturated carbocycles. The Morgan fingerprint density at radius 2 is 2.17 bits per heavy atom. The van der Waals surface area contributed by atoms with Gasteiger partial charge < -0.3 is 9.84 Å². The van der Waals surface area contributed by atoms with E-state index in [0.717, 1.165) is 12.1 Å². The number of hydrogen-bond donors (Lipinski definition) is 2. The number of aryl methyl sites for hydroxylation is 1. The fourth-order valence-corrected chi connectivity index (χ4v) is 2.49. The third-order valence-electron chi connectivity index (χ3n) is 3.93. The number of anilines is 1. The van der Waals surface area contributed by atoms with Crippen LogP contribution < -0.4 is 10.6 Å². The molecule has 3 rings (SSSR count). The van der Waals surface area contributed by atoms with Crippen molar-refractivity contribution in [3.63, 3.8) is 0 Å². The Balaban J connectivity index is 1.56.